The Kier molecular flexibility index (Phi) is 5.66. The number of hydrogen-bond donors (Lipinski definition) is 0. The van der Waals surface area contributed by atoms with E-state index in [2.05, 4.69) is 17.1 Å². The Balaban J connectivity index is 0.00000722. The summed E-state index contributed by atoms with van der Waals surface area (Å²) in [5.41, 5.74) is -0.260. The van der Waals surface area contributed by atoms with E-state index in [0.717, 1.165) is 5.56 Å². The summed E-state index contributed by atoms with van der Waals surface area (Å²) < 4.78 is 171. The molecular weight excluding hydrogens is 888 g/mol. The average molecular weight is 948 g/mol. The fraction of sp³-hybridized carbons (Fsp3) is 0.0943. The Morgan fingerprint density at radius 3 is 2.03 bits per heavy atom. The van der Waals surface area contributed by atoms with Gasteiger partial charge in [-0.25, -0.2) is 4.98 Å². The number of para-hydroxylation sites is 4. The first-order valence-corrected chi connectivity index (χ1v) is 18.0. The van der Waals surface area contributed by atoms with Crippen LogP contribution in [0.5, 0.6) is 0 Å². The zero-order valence-corrected chi connectivity index (χ0v) is 33.4. The Morgan fingerprint density at radius 1 is 0.655 bits per heavy atom. The fourth-order valence-corrected chi connectivity index (χ4v) is 7.04. The SMILES string of the molecule is [2H]c1c(N2[CH-]N(c3c(-c4c([2H])c([2H])c([2H])c([2H])c4[2H])cccc3-c3c([2H])c([2H])c([2H])c([2H])c3[2H])c3ccccc32)[c-]c(C([2H])([2H])c2[c-]c3c(cc2)c2c([2H])c([2H])c([2H])c([2H])c2n3-c2cc(C(C)(C)C)ccn2)c([2H])c1[2H].[Pt]. The predicted octanol–water partition coefficient (Wildman–Crippen LogP) is 13.4. The second-order valence-electron chi connectivity index (χ2n) is 14.2. The monoisotopic (exact) mass is 947 g/mol. The van der Waals surface area contributed by atoms with Crippen LogP contribution in [0.3, 0.4) is 0 Å². The molecule has 1 aliphatic rings. The first-order valence-electron chi connectivity index (χ1n) is 27.5. The smallest absolute Gasteiger partial charge is 0.135 e. The van der Waals surface area contributed by atoms with Crippen LogP contribution in [0.25, 0.3) is 49.9 Å². The molecule has 0 saturated carbocycles. The number of fused-ring (bicyclic) bond motifs is 4. The molecule has 0 radical (unpaired) electrons. The molecule has 0 unspecified atom stereocenters. The van der Waals surface area contributed by atoms with Gasteiger partial charge < -0.3 is 14.4 Å². The molecule has 9 aromatic rings. The molecule has 0 fully saturated rings. The maximum absolute atomic E-state index is 9.77. The third-order valence-electron chi connectivity index (χ3n) is 9.71. The molecule has 5 heteroatoms. The van der Waals surface area contributed by atoms with Crippen molar-refractivity contribution in [3.05, 3.63) is 211 Å². The van der Waals surface area contributed by atoms with Crippen molar-refractivity contribution in [1.82, 2.24) is 9.55 Å². The molecule has 3 heterocycles. The zero-order valence-electron chi connectivity index (χ0n) is 50.1. The van der Waals surface area contributed by atoms with Crippen molar-refractivity contribution in [2.24, 2.45) is 0 Å². The first kappa shape index (κ1) is 21.5. The van der Waals surface area contributed by atoms with Gasteiger partial charge in [0.05, 0.1) is 19.2 Å². The summed E-state index contributed by atoms with van der Waals surface area (Å²) in [6.45, 7) is 7.39. The van der Waals surface area contributed by atoms with Gasteiger partial charge in [0.2, 0.25) is 0 Å². The van der Waals surface area contributed by atoms with Gasteiger partial charge in [-0.2, -0.15) is 53.5 Å². The van der Waals surface area contributed by atoms with Gasteiger partial charge >= 0.3 is 0 Å². The number of benzene rings is 7. The van der Waals surface area contributed by atoms with Crippen LogP contribution in [0.1, 0.15) is 63.5 Å². The van der Waals surface area contributed by atoms with Gasteiger partial charge in [-0.05, 0) is 66.9 Å². The molecule has 4 nitrogen and oxygen atoms in total. The summed E-state index contributed by atoms with van der Waals surface area (Å²) in [6.07, 6.45) is -1.16. The molecule has 0 N–H and O–H groups in total. The molecule has 0 saturated heterocycles. The largest absolute Gasteiger partial charge is 0.493 e. The summed E-state index contributed by atoms with van der Waals surface area (Å²) in [7, 11) is 0. The molecule has 286 valence electrons. The van der Waals surface area contributed by atoms with Crippen molar-refractivity contribution in [3.63, 3.8) is 0 Å². The van der Waals surface area contributed by atoms with Crippen LogP contribution >= 0.6 is 0 Å². The number of hydrogen-bond acceptors (Lipinski definition) is 3. The second-order valence-corrected chi connectivity index (χ2v) is 14.2. The van der Waals surface area contributed by atoms with E-state index in [-0.39, 0.29) is 106 Å². The average Bonchev–Trinajstić information content (AvgIpc) is 3.96. The van der Waals surface area contributed by atoms with Crippen LogP contribution in [0.2, 0.25) is 0 Å². The Labute approximate surface area is 382 Å². The van der Waals surface area contributed by atoms with E-state index in [4.69, 9.17) is 21.9 Å². The van der Waals surface area contributed by atoms with E-state index < -0.39 is 103 Å². The van der Waals surface area contributed by atoms with Gasteiger partial charge in [-0.1, -0.05) is 135 Å². The quantitative estimate of drug-likeness (QED) is 0.149. The predicted molar refractivity (Wildman–Crippen MR) is 237 cm³/mol. The van der Waals surface area contributed by atoms with Gasteiger partial charge in [0.15, 0.2) is 0 Å². The van der Waals surface area contributed by atoms with Gasteiger partial charge in [-0.3, -0.25) is 0 Å². The maximum atomic E-state index is 9.77. The number of nitrogens with zero attached hydrogens (tertiary/aromatic N) is 4. The number of anilines is 4. The Bertz CT molecular complexity index is 3860. The van der Waals surface area contributed by atoms with E-state index in [1.165, 1.54) is 51.4 Å². The summed E-state index contributed by atoms with van der Waals surface area (Å²) in [4.78, 5) is 7.48. The van der Waals surface area contributed by atoms with Crippen LogP contribution in [0.4, 0.5) is 22.7 Å². The molecule has 2 aromatic heterocycles. The van der Waals surface area contributed by atoms with E-state index in [9.17, 15) is 4.11 Å². The molecule has 0 atom stereocenters. The molecular formula is C53H41N4Pt-3. The third-order valence-corrected chi connectivity index (χ3v) is 9.71. The van der Waals surface area contributed by atoms with Gasteiger partial charge in [0, 0.05) is 65.1 Å². The van der Waals surface area contributed by atoms with Crippen molar-refractivity contribution in [3.8, 4) is 28.1 Å². The normalized spacial score (nSPS) is 17.4. The maximum Gasteiger partial charge on any atom is 0.135 e. The molecule has 0 amide bonds. The fourth-order valence-electron chi connectivity index (χ4n) is 7.04. The van der Waals surface area contributed by atoms with Gasteiger partial charge in [0.25, 0.3) is 0 Å². The van der Waals surface area contributed by atoms with Crippen molar-refractivity contribution in [2.45, 2.75) is 32.6 Å². The van der Waals surface area contributed by atoms with Crippen LogP contribution < -0.4 is 9.80 Å². The number of aromatic nitrogens is 2. The zero-order chi connectivity index (χ0) is 55.1. The second kappa shape index (κ2) is 15.3. The van der Waals surface area contributed by atoms with E-state index in [1.807, 2.05) is 26.8 Å². The van der Waals surface area contributed by atoms with Crippen molar-refractivity contribution >= 4 is 44.6 Å². The minimum absolute atomic E-state index is 0. The van der Waals surface area contributed by atoms with E-state index in [1.54, 1.807) is 36.5 Å². The minimum Gasteiger partial charge on any atom is -0.493 e. The number of rotatable bonds is 7. The van der Waals surface area contributed by atoms with Crippen molar-refractivity contribution in [2.75, 3.05) is 9.80 Å². The standard InChI is InChI=1S/C53H41N4.Pt/c1-53(2,3)41-30-31-54-51(35-41)57-47-25-11-10-22-45(47)46-29-28-38(34-50(46)57)32-37-16-14-21-42(33-37)55-36-56(49-27-13-12-26-48(49)55)52-43(39-17-6-4-7-18-39)23-15-24-44(52)40-19-8-5-9-20-40;/h4-31,35-36H,32H2,1-3H3;/q-3;/i4D,5D,6D,7D,8D,9D,10D,11D,14D,16D,17D,18D,19D,20D,21D,22D,25D,32D2;. The molecule has 7 aromatic carbocycles. The summed E-state index contributed by atoms with van der Waals surface area (Å²) in [6, 6.07) is 13.5. The van der Waals surface area contributed by atoms with Gasteiger partial charge in [-0.15, -0.1) is 17.7 Å². The summed E-state index contributed by atoms with van der Waals surface area (Å²) >= 11 is 0. The van der Waals surface area contributed by atoms with Crippen molar-refractivity contribution < 1.29 is 47.1 Å². The first-order chi connectivity index (χ1) is 35.7. The minimum atomic E-state index is -2.74. The Hall–Kier alpha value is -6.22. The van der Waals surface area contributed by atoms with Gasteiger partial charge in [0.1, 0.15) is 5.82 Å². The topological polar surface area (TPSA) is 24.3 Å². The van der Waals surface area contributed by atoms with Crippen LogP contribution in [-0.4, -0.2) is 9.55 Å². The Morgan fingerprint density at radius 2 is 1.33 bits per heavy atom. The van der Waals surface area contributed by atoms with Crippen LogP contribution in [-0.2, 0) is 32.9 Å². The van der Waals surface area contributed by atoms with Crippen LogP contribution in [0.15, 0.2) is 176 Å². The molecule has 0 aliphatic carbocycles. The van der Waals surface area contributed by atoms with Crippen LogP contribution in [0, 0.1) is 18.8 Å². The van der Waals surface area contributed by atoms with E-state index in [0.29, 0.717) is 11.1 Å². The molecule has 58 heavy (non-hydrogen) atoms. The third kappa shape index (κ3) is 6.72. The van der Waals surface area contributed by atoms with Crippen molar-refractivity contribution in [1.29, 1.82) is 0 Å². The number of pyridine rings is 1. The molecule has 0 spiro atoms. The van der Waals surface area contributed by atoms with E-state index >= 15 is 0 Å². The molecule has 10 rings (SSSR count). The summed E-state index contributed by atoms with van der Waals surface area (Å²) in [5, 5.41) is 0.447. The molecule has 0 bridgehead atoms. The molecule has 1 aliphatic heterocycles. The summed E-state index contributed by atoms with van der Waals surface area (Å²) in [5.74, 6) is 0.268.